The summed E-state index contributed by atoms with van der Waals surface area (Å²) in [6, 6.07) is 12.8. The van der Waals surface area contributed by atoms with Crippen molar-refractivity contribution in [3.05, 3.63) is 81.4 Å². The molecule has 0 saturated heterocycles. The van der Waals surface area contributed by atoms with Crippen molar-refractivity contribution in [2.75, 3.05) is 0 Å². The number of aliphatic imine (C=N–C) groups is 1. The molecule has 1 aromatic heterocycles. The van der Waals surface area contributed by atoms with Gasteiger partial charge in [0, 0.05) is 21.2 Å². The summed E-state index contributed by atoms with van der Waals surface area (Å²) < 4.78 is 1.74. The first kappa shape index (κ1) is 15.9. The summed E-state index contributed by atoms with van der Waals surface area (Å²) in [5, 5.41) is 10.5. The lowest BCUT2D eigenvalue weighted by atomic mass is 10.0. The standard InChI is InChI=1S/C18H11Cl2N3O2/c19-10-5-6-14-12(7-10)16(11-3-1-2-4-13(11)20)21-8-15-17(18(24)25)22-9-23(14)15/h1-7,9H,8H2,(H,24,25). The van der Waals surface area contributed by atoms with Crippen molar-refractivity contribution in [3.8, 4) is 5.69 Å². The van der Waals surface area contributed by atoms with E-state index in [1.165, 1.54) is 6.33 Å². The minimum atomic E-state index is -1.08. The summed E-state index contributed by atoms with van der Waals surface area (Å²) in [7, 11) is 0. The van der Waals surface area contributed by atoms with Gasteiger partial charge in [0.2, 0.25) is 0 Å². The molecule has 0 atom stereocenters. The van der Waals surface area contributed by atoms with E-state index in [0.29, 0.717) is 21.5 Å². The first-order chi connectivity index (χ1) is 12.1. The minimum absolute atomic E-state index is 0.00920. The Morgan fingerprint density at radius 1 is 1.12 bits per heavy atom. The van der Waals surface area contributed by atoms with Crippen LogP contribution in [-0.4, -0.2) is 26.3 Å². The van der Waals surface area contributed by atoms with Crippen LogP contribution in [0.3, 0.4) is 0 Å². The fourth-order valence-corrected chi connectivity index (χ4v) is 3.34. The Morgan fingerprint density at radius 2 is 1.92 bits per heavy atom. The van der Waals surface area contributed by atoms with Gasteiger partial charge in [-0.25, -0.2) is 9.78 Å². The van der Waals surface area contributed by atoms with Gasteiger partial charge >= 0.3 is 5.97 Å². The van der Waals surface area contributed by atoms with Crippen LogP contribution in [0.2, 0.25) is 10.0 Å². The molecular formula is C18H11Cl2N3O2. The minimum Gasteiger partial charge on any atom is -0.476 e. The van der Waals surface area contributed by atoms with Crippen molar-refractivity contribution in [1.29, 1.82) is 0 Å². The highest BCUT2D eigenvalue weighted by Crippen LogP contribution is 2.30. The molecule has 2 aromatic carbocycles. The van der Waals surface area contributed by atoms with Crippen molar-refractivity contribution < 1.29 is 9.90 Å². The number of halogens is 2. The number of hydrogen-bond donors (Lipinski definition) is 1. The second-order valence-corrected chi connectivity index (χ2v) is 6.36. The predicted octanol–water partition coefficient (Wildman–Crippen LogP) is 4.23. The van der Waals surface area contributed by atoms with Gasteiger partial charge in [0.25, 0.3) is 0 Å². The van der Waals surface area contributed by atoms with Gasteiger partial charge in [0.05, 0.1) is 23.6 Å². The Hall–Kier alpha value is -2.63. The number of aromatic nitrogens is 2. The van der Waals surface area contributed by atoms with E-state index in [9.17, 15) is 9.90 Å². The maximum Gasteiger partial charge on any atom is 0.356 e. The largest absolute Gasteiger partial charge is 0.476 e. The van der Waals surface area contributed by atoms with Crippen LogP contribution in [-0.2, 0) is 6.54 Å². The van der Waals surface area contributed by atoms with E-state index < -0.39 is 5.97 Å². The van der Waals surface area contributed by atoms with Crippen LogP contribution in [0.4, 0.5) is 0 Å². The first-order valence-electron chi connectivity index (χ1n) is 7.45. The monoisotopic (exact) mass is 371 g/mol. The number of carbonyl (C=O) groups is 1. The molecule has 0 unspecified atom stereocenters. The SMILES string of the molecule is O=C(O)c1ncn2c1CN=C(c1ccccc1Cl)c1cc(Cl)ccc1-2. The van der Waals surface area contributed by atoms with E-state index in [1.807, 2.05) is 24.3 Å². The highest BCUT2D eigenvalue weighted by Gasteiger charge is 2.25. The summed E-state index contributed by atoms with van der Waals surface area (Å²) in [4.78, 5) is 20.1. The molecule has 1 aliphatic heterocycles. The van der Waals surface area contributed by atoms with E-state index >= 15 is 0 Å². The Kier molecular flexibility index (Phi) is 3.82. The Labute approximate surface area is 153 Å². The molecule has 0 saturated carbocycles. The summed E-state index contributed by atoms with van der Waals surface area (Å²) in [6.07, 6.45) is 1.50. The molecule has 0 bridgehead atoms. The molecule has 1 N–H and O–H groups in total. The van der Waals surface area contributed by atoms with E-state index in [4.69, 9.17) is 23.2 Å². The topological polar surface area (TPSA) is 67.5 Å². The van der Waals surface area contributed by atoms with Crippen molar-refractivity contribution in [2.24, 2.45) is 4.99 Å². The van der Waals surface area contributed by atoms with E-state index in [-0.39, 0.29) is 12.2 Å². The molecule has 0 amide bonds. The van der Waals surface area contributed by atoms with Crippen molar-refractivity contribution >= 4 is 34.9 Å². The van der Waals surface area contributed by atoms with Crippen molar-refractivity contribution in [1.82, 2.24) is 9.55 Å². The fraction of sp³-hybridized carbons (Fsp3) is 0.0556. The molecular weight excluding hydrogens is 361 g/mol. The zero-order valence-corrected chi connectivity index (χ0v) is 14.3. The third-order valence-corrected chi connectivity index (χ3v) is 4.62. The summed E-state index contributed by atoms with van der Waals surface area (Å²) in [5.74, 6) is -1.08. The van der Waals surface area contributed by atoms with Gasteiger partial charge in [-0.1, -0.05) is 41.4 Å². The molecule has 0 aliphatic carbocycles. The van der Waals surface area contributed by atoms with Crippen LogP contribution >= 0.6 is 23.2 Å². The van der Waals surface area contributed by atoms with Crippen LogP contribution in [0.25, 0.3) is 5.69 Å². The highest BCUT2D eigenvalue weighted by molar-refractivity contribution is 6.36. The van der Waals surface area contributed by atoms with Crippen molar-refractivity contribution in [3.63, 3.8) is 0 Å². The smallest absolute Gasteiger partial charge is 0.356 e. The Morgan fingerprint density at radius 3 is 2.68 bits per heavy atom. The maximum atomic E-state index is 11.5. The molecule has 25 heavy (non-hydrogen) atoms. The van der Waals surface area contributed by atoms with Gasteiger partial charge in [-0.3, -0.25) is 9.56 Å². The van der Waals surface area contributed by atoms with Crippen LogP contribution in [0.1, 0.15) is 27.3 Å². The molecule has 1 aliphatic rings. The number of benzene rings is 2. The third kappa shape index (κ3) is 2.62. The quantitative estimate of drug-likeness (QED) is 0.732. The number of imidazole rings is 1. The molecule has 0 radical (unpaired) electrons. The number of fused-ring (bicyclic) bond motifs is 3. The molecule has 124 valence electrons. The van der Waals surface area contributed by atoms with E-state index in [0.717, 1.165) is 16.8 Å². The zero-order chi connectivity index (χ0) is 17.6. The molecule has 0 fully saturated rings. The van der Waals surface area contributed by atoms with Crippen LogP contribution in [0, 0.1) is 0 Å². The molecule has 2 heterocycles. The molecule has 0 spiro atoms. The maximum absolute atomic E-state index is 11.5. The number of nitrogens with zero attached hydrogens (tertiary/aromatic N) is 3. The normalized spacial score (nSPS) is 12.8. The van der Waals surface area contributed by atoms with E-state index in [1.54, 1.807) is 22.8 Å². The van der Waals surface area contributed by atoms with Crippen LogP contribution in [0.15, 0.2) is 53.8 Å². The number of carboxylic acids is 1. The first-order valence-corrected chi connectivity index (χ1v) is 8.21. The zero-order valence-electron chi connectivity index (χ0n) is 12.8. The third-order valence-electron chi connectivity index (χ3n) is 4.06. The molecule has 5 nitrogen and oxygen atoms in total. The lowest BCUT2D eigenvalue weighted by molar-refractivity contribution is 0.0689. The number of aromatic carboxylic acids is 1. The van der Waals surface area contributed by atoms with Crippen LogP contribution in [0.5, 0.6) is 0 Å². The average Bonchev–Trinajstić information content (AvgIpc) is 2.94. The predicted molar refractivity (Wildman–Crippen MR) is 96.3 cm³/mol. The van der Waals surface area contributed by atoms with E-state index in [2.05, 4.69) is 9.98 Å². The second kappa shape index (κ2) is 6.02. The van der Waals surface area contributed by atoms with Crippen molar-refractivity contribution in [2.45, 2.75) is 6.54 Å². The Bertz CT molecular complexity index is 1040. The van der Waals surface area contributed by atoms with Gasteiger partial charge < -0.3 is 5.11 Å². The number of carboxylic acid groups (broad SMARTS) is 1. The fourth-order valence-electron chi connectivity index (χ4n) is 2.94. The molecule has 3 aromatic rings. The summed E-state index contributed by atoms with van der Waals surface area (Å²) in [6.45, 7) is 0.175. The van der Waals surface area contributed by atoms with Gasteiger partial charge in [-0.2, -0.15) is 0 Å². The van der Waals surface area contributed by atoms with Gasteiger partial charge in [0.15, 0.2) is 5.69 Å². The highest BCUT2D eigenvalue weighted by atomic mass is 35.5. The second-order valence-electron chi connectivity index (χ2n) is 5.52. The Balaban J connectivity index is 2.01. The number of rotatable bonds is 2. The average molecular weight is 372 g/mol. The summed E-state index contributed by atoms with van der Waals surface area (Å²) in [5.41, 5.74) is 3.47. The lowest BCUT2D eigenvalue weighted by Gasteiger charge is -2.13. The number of hydrogen-bond acceptors (Lipinski definition) is 3. The van der Waals surface area contributed by atoms with Gasteiger partial charge in [0.1, 0.15) is 6.33 Å². The van der Waals surface area contributed by atoms with Gasteiger partial charge in [-0.05, 0) is 24.3 Å². The summed E-state index contributed by atoms with van der Waals surface area (Å²) >= 11 is 12.6. The molecule has 4 rings (SSSR count). The molecule has 7 heteroatoms. The van der Waals surface area contributed by atoms with Crippen LogP contribution < -0.4 is 0 Å². The lowest BCUT2D eigenvalue weighted by Crippen LogP contribution is -2.07. The van der Waals surface area contributed by atoms with Gasteiger partial charge in [-0.15, -0.1) is 0 Å².